The third-order valence-corrected chi connectivity index (χ3v) is 2.11. The molecule has 2 heteroatoms. The molecule has 1 saturated heterocycles. The fourth-order valence-electron chi connectivity index (χ4n) is 1.21. The van der Waals surface area contributed by atoms with Crippen molar-refractivity contribution in [3.63, 3.8) is 0 Å². The van der Waals surface area contributed by atoms with Crippen LogP contribution in [0.4, 0.5) is 0 Å². The summed E-state index contributed by atoms with van der Waals surface area (Å²) in [4.78, 5) is 10.4. The van der Waals surface area contributed by atoms with Gasteiger partial charge in [-0.3, -0.25) is 0 Å². The highest BCUT2D eigenvalue weighted by Gasteiger charge is 2.33. The molecule has 0 radical (unpaired) electrons. The second-order valence-corrected chi connectivity index (χ2v) is 3.31. The van der Waals surface area contributed by atoms with E-state index in [0.29, 0.717) is 0 Å². The van der Waals surface area contributed by atoms with E-state index in [2.05, 4.69) is 19.2 Å². The van der Waals surface area contributed by atoms with Gasteiger partial charge in [0.2, 0.25) is 0 Å². The standard InChI is InChI=1S/C7H13NO/c1-7(2)3-4-8-6(7)5-9/h5-6,8H,3-4H2,1-2H3/t6-/m1/s1. The van der Waals surface area contributed by atoms with Crippen LogP contribution in [0, 0.1) is 5.41 Å². The Labute approximate surface area is 55.6 Å². The van der Waals surface area contributed by atoms with E-state index in [1.807, 2.05) is 0 Å². The van der Waals surface area contributed by atoms with Gasteiger partial charge in [0.15, 0.2) is 0 Å². The Kier molecular flexibility index (Phi) is 1.58. The van der Waals surface area contributed by atoms with Crippen molar-refractivity contribution < 1.29 is 4.79 Å². The fraction of sp³-hybridized carbons (Fsp3) is 0.857. The molecular weight excluding hydrogens is 114 g/mol. The van der Waals surface area contributed by atoms with Gasteiger partial charge in [-0.2, -0.15) is 0 Å². The molecule has 9 heavy (non-hydrogen) atoms. The molecule has 1 heterocycles. The first kappa shape index (κ1) is 6.75. The van der Waals surface area contributed by atoms with Gasteiger partial charge in [0.1, 0.15) is 6.29 Å². The summed E-state index contributed by atoms with van der Waals surface area (Å²) < 4.78 is 0. The largest absolute Gasteiger partial charge is 0.307 e. The molecule has 0 saturated carbocycles. The summed E-state index contributed by atoms with van der Waals surface area (Å²) in [5.41, 5.74) is 0.182. The van der Waals surface area contributed by atoms with E-state index < -0.39 is 0 Å². The molecule has 0 aliphatic carbocycles. The van der Waals surface area contributed by atoms with Gasteiger partial charge >= 0.3 is 0 Å². The normalized spacial score (nSPS) is 32.4. The molecule has 0 bridgehead atoms. The highest BCUT2D eigenvalue weighted by molar-refractivity contribution is 5.59. The summed E-state index contributed by atoms with van der Waals surface area (Å²) in [6, 6.07) is 0.0810. The molecule has 0 aromatic rings. The molecule has 0 aromatic heterocycles. The quantitative estimate of drug-likeness (QED) is 0.522. The van der Waals surface area contributed by atoms with Crippen molar-refractivity contribution in [3.8, 4) is 0 Å². The smallest absolute Gasteiger partial charge is 0.137 e. The lowest BCUT2D eigenvalue weighted by Gasteiger charge is -2.20. The average molecular weight is 127 g/mol. The lowest BCUT2D eigenvalue weighted by Crippen LogP contribution is -2.33. The number of aldehydes is 1. The van der Waals surface area contributed by atoms with E-state index in [-0.39, 0.29) is 11.5 Å². The van der Waals surface area contributed by atoms with E-state index in [4.69, 9.17) is 0 Å². The van der Waals surface area contributed by atoms with E-state index in [1.165, 1.54) is 0 Å². The summed E-state index contributed by atoms with van der Waals surface area (Å²) in [6.45, 7) is 5.22. The van der Waals surface area contributed by atoms with Crippen LogP contribution >= 0.6 is 0 Å². The zero-order chi connectivity index (χ0) is 6.91. The SMILES string of the molecule is CC1(C)CCN[C@@H]1C=O. The minimum Gasteiger partial charge on any atom is -0.307 e. The van der Waals surface area contributed by atoms with Crippen LogP contribution in [-0.2, 0) is 4.79 Å². The molecule has 0 amide bonds. The highest BCUT2D eigenvalue weighted by Crippen LogP contribution is 2.27. The van der Waals surface area contributed by atoms with Crippen LogP contribution in [0.2, 0.25) is 0 Å². The zero-order valence-corrected chi connectivity index (χ0v) is 5.98. The third-order valence-electron chi connectivity index (χ3n) is 2.11. The summed E-state index contributed by atoms with van der Waals surface area (Å²) >= 11 is 0. The Balaban J connectivity index is 2.62. The number of carbonyl (C=O) groups excluding carboxylic acids is 1. The maximum atomic E-state index is 10.4. The van der Waals surface area contributed by atoms with Crippen LogP contribution in [0.1, 0.15) is 20.3 Å². The molecule has 1 aliphatic heterocycles. The number of hydrogen-bond donors (Lipinski definition) is 1. The van der Waals surface area contributed by atoms with Gasteiger partial charge in [-0.15, -0.1) is 0 Å². The van der Waals surface area contributed by atoms with Gasteiger partial charge in [-0.05, 0) is 18.4 Å². The third kappa shape index (κ3) is 1.13. The van der Waals surface area contributed by atoms with Crippen molar-refractivity contribution in [1.29, 1.82) is 0 Å². The predicted octanol–water partition coefficient (Wildman–Crippen LogP) is 0.573. The second kappa shape index (κ2) is 2.10. The summed E-state index contributed by atoms with van der Waals surface area (Å²) in [5, 5.41) is 3.13. The molecular formula is C7H13NO. The van der Waals surface area contributed by atoms with Crippen molar-refractivity contribution >= 4 is 6.29 Å². The zero-order valence-electron chi connectivity index (χ0n) is 5.98. The van der Waals surface area contributed by atoms with Crippen LogP contribution in [0.15, 0.2) is 0 Å². The Hall–Kier alpha value is -0.370. The Bertz CT molecular complexity index is 120. The molecule has 0 aromatic carbocycles. The minimum absolute atomic E-state index is 0.0810. The van der Waals surface area contributed by atoms with Crippen LogP contribution in [-0.4, -0.2) is 18.9 Å². The Morgan fingerprint density at radius 1 is 1.67 bits per heavy atom. The number of carbonyl (C=O) groups is 1. The summed E-state index contributed by atoms with van der Waals surface area (Å²) in [7, 11) is 0. The van der Waals surface area contributed by atoms with Crippen molar-refractivity contribution in [3.05, 3.63) is 0 Å². The molecule has 1 fully saturated rings. The minimum atomic E-state index is 0.0810. The van der Waals surface area contributed by atoms with Crippen molar-refractivity contribution in [1.82, 2.24) is 5.32 Å². The molecule has 1 rings (SSSR count). The van der Waals surface area contributed by atoms with Crippen LogP contribution in [0.5, 0.6) is 0 Å². The second-order valence-electron chi connectivity index (χ2n) is 3.31. The summed E-state index contributed by atoms with van der Waals surface area (Å²) in [5.74, 6) is 0. The predicted molar refractivity (Wildman–Crippen MR) is 36.3 cm³/mol. The van der Waals surface area contributed by atoms with Gasteiger partial charge in [0.25, 0.3) is 0 Å². The van der Waals surface area contributed by atoms with Gasteiger partial charge in [-0.1, -0.05) is 13.8 Å². The highest BCUT2D eigenvalue weighted by atomic mass is 16.1. The van der Waals surface area contributed by atoms with Crippen LogP contribution in [0.25, 0.3) is 0 Å². The molecule has 1 aliphatic rings. The number of hydrogen-bond acceptors (Lipinski definition) is 2. The lowest BCUT2D eigenvalue weighted by molar-refractivity contribution is -0.110. The molecule has 0 unspecified atom stereocenters. The van der Waals surface area contributed by atoms with Crippen molar-refractivity contribution in [2.24, 2.45) is 5.41 Å². The summed E-state index contributed by atoms with van der Waals surface area (Å²) in [6.07, 6.45) is 2.11. The lowest BCUT2D eigenvalue weighted by atomic mass is 9.86. The van der Waals surface area contributed by atoms with Crippen LogP contribution in [0.3, 0.4) is 0 Å². The first-order valence-electron chi connectivity index (χ1n) is 3.35. The van der Waals surface area contributed by atoms with Crippen molar-refractivity contribution in [2.45, 2.75) is 26.3 Å². The molecule has 0 spiro atoms. The molecule has 2 nitrogen and oxygen atoms in total. The molecule has 52 valence electrons. The Morgan fingerprint density at radius 2 is 2.33 bits per heavy atom. The monoisotopic (exact) mass is 127 g/mol. The fourth-order valence-corrected chi connectivity index (χ4v) is 1.21. The van der Waals surface area contributed by atoms with E-state index in [1.54, 1.807) is 0 Å². The molecule has 1 atom stereocenters. The Morgan fingerprint density at radius 3 is 2.56 bits per heavy atom. The van der Waals surface area contributed by atoms with E-state index in [0.717, 1.165) is 19.3 Å². The van der Waals surface area contributed by atoms with Crippen LogP contribution < -0.4 is 5.32 Å². The van der Waals surface area contributed by atoms with Gasteiger partial charge in [-0.25, -0.2) is 0 Å². The van der Waals surface area contributed by atoms with E-state index >= 15 is 0 Å². The van der Waals surface area contributed by atoms with Crippen molar-refractivity contribution in [2.75, 3.05) is 6.54 Å². The average Bonchev–Trinajstić information content (AvgIpc) is 2.08. The topological polar surface area (TPSA) is 29.1 Å². The molecule has 1 N–H and O–H groups in total. The first-order valence-corrected chi connectivity index (χ1v) is 3.35. The van der Waals surface area contributed by atoms with Gasteiger partial charge in [0.05, 0.1) is 6.04 Å². The number of nitrogens with one attached hydrogen (secondary N) is 1. The first-order chi connectivity index (χ1) is 4.17. The van der Waals surface area contributed by atoms with E-state index in [9.17, 15) is 4.79 Å². The van der Waals surface area contributed by atoms with Gasteiger partial charge < -0.3 is 10.1 Å². The maximum Gasteiger partial charge on any atom is 0.137 e. The maximum absolute atomic E-state index is 10.4. The van der Waals surface area contributed by atoms with Gasteiger partial charge in [0, 0.05) is 0 Å². The number of rotatable bonds is 1.